The zero-order valence-electron chi connectivity index (χ0n) is 12.9. The van der Waals surface area contributed by atoms with Gasteiger partial charge >= 0.3 is 0 Å². The van der Waals surface area contributed by atoms with Crippen LogP contribution in [0.4, 0.5) is 0 Å². The van der Waals surface area contributed by atoms with Crippen molar-refractivity contribution in [2.24, 2.45) is 5.92 Å². The Morgan fingerprint density at radius 1 is 0.800 bits per heavy atom. The van der Waals surface area contributed by atoms with Crippen molar-refractivity contribution in [3.63, 3.8) is 0 Å². The Morgan fingerprint density at radius 2 is 1.60 bits per heavy atom. The van der Waals surface area contributed by atoms with Gasteiger partial charge in [0.25, 0.3) is 0 Å². The summed E-state index contributed by atoms with van der Waals surface area (Å²) in [7, 11) is 0. The van der Waals surface area contributed by atoms with Crippen LogP contribution in [-0.4, -0.2) is 60.6 Å². The molecule has 0 aromatic carbocycles. The molecule has 0 amide bonds. The highest BCUT2D eigenvalue weighted by Crippen LogP contribution is 2.32. The highest BCUT2D eigenvalue weighted by Gasteiger charge is 2.34. The normalized spacial score (nSPS) is 40.5. The molecular weight excluding hydrogens is 246 g/mol. The molecule has 2 saturated heterocycles. The van der Waals surface area contributed by atoms with Gasteiger partial charge in [0.05, 0.1) is 0 Å². The van der Waals surface area contributed by atoms with Crippen molar-refractivity contribution in [1.82, 2.24) is 15.1 Å². The lowest BCUT2D eigenvalue weighted by Gasteiger charge is -2.43. The Kier molecular flexibility index (Phi) is 4.02. The second-order valence-corrected chi connectivity index (χ2v) is 7.66. The van der Waals surface area contributed by atoms with Crippen molar-refractivity contribution >= 4 is 0 Å². The Morgan fingerprint density at radius 3 is 2.40 bits per heavy atom. The third-order valence-electron chi connectivity index (χ3n) is 6.19. The molecular formula is C17H31N3. The third kappa shape index (κ3) is 3.05. The van der Waals surface area contributed by atoms with E-state index >= 15 is 0 Å². The first kappa shape index (κ1) is 13.5. The van der Waals surface area contributed by atoms with E-state index in [1.54, 1.807) is 0 Å². The van der Waals surface area contributed by atoms with Crippen LogP contribution in [0.25, 0.3) is 0 Å². The van der Waals surface area contributed by atoms with E-state index in [-0.39, 0.29) is 0 Å². The van der Waals surface area contributed by atoms with Gasteiger partial charge in [0.15, 0.2) is 0 Å². The molecule has 4 aliphatic rings. The van der Waals surface area contributed by atoms with E-state index in [1.807, 2.05) is 0 Å². The standard InChI is InChI=1S/C17H31N3/c1-2-4-17-14(3-1)5-6-15(18-17)13-19-9-11-20(12-10-19)16-7-8-16/h14-18H,1-13H2. The molecule has 3 atom stereocenters. The molecule has 0 aromatic heterocycles. The second kappa shape index (κ2) is 5.94. The smallest absolute Gasteiger partial charge is 0.0197 e. The van der Waals surface area contributed by atoms with Gasteiger partial charge in [-0.25, -0.2) is 0 Å². The molecule has 114 valence electrons. The van der Waals surface area contributed by atoms with Gasteiger partial charge in [-0.3, -0.25) is 9.80 Å². The number of piperidine rings is 1. The molecule has 4 rings (SSSR count). The maximum Gasteiger partial charge on any atom is 0.0197 e. The van der Waals surface area contributed by atoms with Gasteiger partial charge in [0, 0.05) is 50.8 Å². The minimum Gasteiger partial charge on any atom is -0.310 e. The second-order valence-electron chi connectivity index (χ2n) is 7.66. The minimum atomic E-state index is 0.779. The molecule has 2 aliphatic carbocycles. The molecule has 4 fully saturated rings. The summed E-state index contributed by atoms with van der Waals surface area (Å²) in [6, 6.07) is 2.60. The molecule has 2 saturated carbocycles. The van der Waals surface area contributed by atoms with E-state index in [9.17, 15) is 0 Å². The average Bonchev–Trinajstić information content (AvgIpc) is 3.33. The third-order valence-corrected chi connectivity index (χ3v) is 6.19. The summed E-state index contributed by atoms with van der Waals surface area (Å²) in [5, 5.41) is 3.99. The van der Waals surface area contributed by atoms with E-state index in [0.29, 0.717) is 0 Å². The first-order valence-electron chi connectivity index (χ1n) is 9.11. The number of hydrogen-bond donors (Lipinski definition) is 1. The maximum atomic E-state index is 3.99. The van der Waals surface area contributed by atoms with Crippen LogP contribution in [0.3, 0.4) is 0 Å². The van der Waals surface area contributed by atoms with Crippen LogP contribution in [0.15, 0.2) is 0 Å². The molecule has 2 aliphatic heterocycles. The van der Waals surface area contributed by atoms with Gasteiger partial charge in [-0.1, -0.05) is 12.8 Å². The predicted molar refractivity (Wildman–Crippen MR) is 82.9 cm³/mol. The van der Waals surface area contributed by atoms with Gasteiger partial charge < -0.3 is 5.32 Å². The first-order valence-corrected chi connectivity index (χ1v) is 9.11. The molecule has 0 radical (unpaired) electrons. The van der Waals surface area contributed by atoms with Crippen molar-refractivity contribution < 1.29 is 0 Å². The first-order chi connectivity index (χ1) is 9.88. The SMILES string of the molecule is C1CCC2NC(CN3CCN(C4CC4)CC3)CCC2C1. The van der Waals surface area contributed by atoms with Crippen LogP contribution in [0.2, 0.25) is 0 Å². The quantitative estimate of drug-likeness (QED) is 0.852. The molecule has 1 N–H and O–H groups in total. The Bertz CT molecular complexity index is 320. The zero-order chi connectivity index (χ0) is 13.4. The van der Waals surface area contributed by atoms with Crippen LogP contribution in [0.5, 0.6) is 0 Å². The largest absolute Gasteiger partial charge is 0.310 e. The molecule has 20 heavy (non-hydrogen) atoms. The minimum absolute atomic E-state index is 0.779. The monoisotopic (exact) mass is 277 g/mol. The average molecular weight is 277 g/mol. The topological polar surface area (TPSA) is 18.5 Å². The Hall–Kier alpha value is -0.120. The summed E-state index contributed by atoms with van der Waals surface area (Å²) < 4.78 is 0. The number of nitrogens with zero attached hydrogens (tertiary/aromatic N) is 2. The van der Waals surface area contributed by atoms with Crippen molar-refractivity contribution in [3.05, 3.63) is 0 Å². The molecule has 0 aromatic rings. The number of nitrogens with one attached hydrogen (secondary N) is 1. The number of hydrogen-bond acceptors (Lipinski definition) is 3. The summed E-state index contributed by atoms with van der Waals surface area (Å²) in [6.45, 7) is 6.57. The summed E-state index contributed by atoms with van der Waals surface area (Å²) in [5.74, 6) is 1.01. The van der Waals surface area contributed by atoms with Gasteiger partial charge in [0.1, 0.15) is 0 Å². The van der Waals surface area contributed by atoms with Crippen LogP contribution in [0, 0.1) is 5.92 Å². The number of rotatable bonds is 3. The number of fused-ring (bicyclic) bond motifs is 1. The molecule has 3 heteroatoms. The Balaban J connectivity index is 1.23. The van der Waals surface area contributed by atoms with Crippen LogP contribution >= 0.6 is 0 Å². The van der Waals surface area contributed by atoms with Crippen molar-refractivity contribution in [2.75, 3.05) is 32.7 Å². The highest BCUT2D eigenvalue weighted by atomic mass is 15.3. The van der Waals surface area contributed by atoms with Crippen LogP contribution in [0.1, 0.15) is 51.4 Å². The zero-order valence-corrected chi connectivity index (χ0v) is 12.9. The van der Waals surface area contributed by atoms with Crippen molar-refractivity contribution in [2.45, 2.75) is 69.5 Å². The van der Waals surface area contributed by atoms with Crippen molar-refractivity contribution in [1.29, 1.82) is 0 Å². The van der Waals surface area contributed by atoms with Gasteiger partial charge in [-0.05, 0) is 44.4 Å². The molecule has 0 spiro atoms. The van der Waals surface area contributed by atoms with Gasteiger partial charge in [-0.15, -0.1) is 0 Å². The van der Waals surface area contributed by atoms with Crippen LogP contribution < -0.4 is 5.32 Å². The lowest BCUT2D eigenvalue weighted by atomic mass is 9.77. The highest BCUT2D eigenvalue weighted by molar-refractivity contribution is 4.92. The van der Waals surface area contributed by atoms with E-state index in [1.165, 1.54) is 84.1 Å². The van der Waals surface area contributed by atoms with Crippen molar-refractivity contribution in [3.8, 4) is 0 Å². The number of piperazine rings is 1. The molecule has 3 nitrogen and oxygen atoms in total. The van der Waals surface area contributed by atoms with E-state index in [0.717, 1.165) is 24.0 Å². The van der Waals surface area contributed by atoms with Crippen LogP contribution in [-0.2, 0) is 0 Å². The summed E-state index contributed by atoms with van der Waals surface area (Å²) in [6.07, 6.45) is 11.7. The molecule has 2 heterocycles. The fraction of sp³-hybridized carbons (Fsp3) is 1.00. The maximum absolute atomic E-state index is 3.99. The van der Waals surface area contributed by atoms with E-state index < -0.39 is 0 Å². The Labute approximate surface area is 124 Å². The van der Waals surface area contributed by atoms with E-state index in [2.05, 4.69) is 15.1 Å². The van der Waals surface area contributed by atoms with Gasteiger partial charge in [0.2, 0.25) is 0 Å². The fourth-order valence-electron chi connectivity index (χ4n) is 4.78. The summed E-state index contributed by atoms with van der Waals surface area (Å²) >= 11 is 0. The predicted octanol–water partition coefficient (Wildman–Crippen LogP) is 2.08. The lowest BCUT2D eigenvalue weighted by Crippen LogP contribution is -2.55. The fourth-order valence-corrected chi connectivity index (χ4v) is 4.78. The lowest BCUT2D eigenvalue weighted by molar-refractivity contribution is 0.0963. The summed E-state index contributed by atoms with van der Waals surface area (Å²) in [4.78, 5) is 5.45. The molecule has 0 bridgehead atoms. The van der Waals surface area contributed by atoms with Gasteiger partial charge in [-0.2, -0.15) is 0 Å². The van der Waals surface area contributed by atoms with E-state index in [4.69, 9.17) is 0 Å². The summed E-state index contributed by atoms with van der Waals surface area (Å²) in [5.41, 5.74) is 0. The molecule has 3 unspecified atom stereocenters.